The Morgan fingerprint density at radius 3 is 0.895 bits per heavy atom. The Kier molecular flexibility index (Phi) is 49.9. The molecule has 0 aromatic heterocycles. The highest BCUT2D eigenvalue weighted by Crippen LogP contribution is 2.45. The van der Waals surface area contributed by atoms with Gasteiger partial charge in [0.25, 0.3) is 0 Å². The molecule has 3 N–H and O–H groups in total. The van der Waals surface area contributed by atoms with Crippen molar-refractivity contribution in [3.05, 3.63) is 0 Å². The Bertz CT molecular complexity index is 1500. The van der Waals surface area contributed by atoms with Crippen LogP contribution >= 0.6 is 15.6 Å². The lowest BCUT2D eigenvalue weighted by molar-refractivity contribution is -0.161. The van der Waals surface area contributed by atoms with E-state index >= 15 is 0 Å². The van der Waals surface area contributed by atoms with Gasteiger partial charge in [-0.3, -0.25) is 37.3 Å². The monoisotopic (exact) mass is 1130 g/mol. The summed E-state index contributed by atoms with van der Waals surface area (Å²) in [4.78, 5) is 71.7. The first-order valence-corrected chi connectivity index (χ1v) is 33.1. The molecule has 0 fully saturated rings. The van der Waals surface area contributed by atoms with E-state index in [1.54, 1.807) is 0 Å². The normalized spacial score (nSPS) is 14.4. The molecule has 450 valence electrons. The number of esters is 4. The van der Waals surface area contributed by atoms with Crippen LogP contribution in [-0.4, -0.2) is 96.7 Å². The van der Waals surface area contributed by atoms with Gasteiger partial charge in [0.2, 0.25) is 0 Å². The van der Waals surface area contributed by atoms with Gasteiger partial charge in [-0.1, -0.05) is 227 Å². The molecule has 0 bridgehead atoms. The maximum absolute atomic E-state index is 12.9. The number of hydrogen-bond donors (Lipinski definition) is 3. The van der Waals surface area contributed by atoms with Crippen molar-refractivity contribution in [1.29, 1.82) is 0 Å². The number of unbranched alkanes of at least 4 members (excludes halogenated alkanes) is 29. The van der Waals surface area contributed by atoms with Crippen molar-refractivity contribution < 1.29 is 80.2 Å². The molecule has 2 unspecified atom stereocenters. The van der Waals surface area contributed by atoms with Crippen molar-refractivity contribution in [1.82, 2.24) is 0 Å². The fourth-order valence-electron chi connectivity index (χ4n) is 8.34. The lowest BCUT2D eigenvalue weighted by atomic mass is 10.0. The summed E-state index contributed by atoms with van der Waals surface area (Å²) in [5.41, 5.74) is 0. The third kappa shape index (κ3) is 51.5. The zero-order valence-electron chi connectivity index (χ0n) is 48.4. The SMILES string of the molecule is CCCCCCCCCCCCCC(=O)O[C@H](COC(=O)CCCCCCCCC(C)C)COP(=O)(O)OC[C@@H](O)COP(=O)(O)OC[C@@H](COC(=O)CCCCCCCCC)OC(=O)CCCCCCCCCCC. The summed E-state index contributed by atoms with van der Waals surface area (Å²) in [5, 5.41) is 10.5. The van der Waals surface area contributed by atoms with Crippen molar-refractivity contribution >= 4 is 39.5 Å². The van der Waals surface area contributed by atoms with Crippen molar-refractivity contribution in [2.75, 3.05) is 39.6 Å². The van der Waals surface area contributed by atoms with Crippen LogP contribution in [0.2, 0.25) is 0 Å². The summed E-state index contributed by atoms with van der Waals surface area (Å²) in [6.45, 7) is 6.99. The number of phosphoric ester groups is 2. The molecule has 0 rings (SSSR count). The van der Waals surface area contributed by atoms with Crippen LogP contribution in [-0.2, 0) is 65.4 Å². The molecule has 0 aliphatic heterocycles. The van der Waals surface area contributed by atoms with E-state index in [0.29, 0.717) is 31.6 Å². The van der Waals surface area contributed by atoms with E-state index in [1.807, 2.05) is 0 Å². The molecular formula is C57H110O17P2. The fraction of sp³-hybridized carbons (Fsp3) is 0.930. The number of carbonyl (C=O) groups excluding carboxylic acids is 4. The average Bonchev–Trinajstić information content (AvgIpc) is 3.38. The topological polar surface area (TPSA) is 237 Å². The molecule has 0 aromatic rings. The second-order valence-electron chi connectivity index (χ2n) is 21.2. The Morgan fingerprint density at radius 1 is 0.355 bits per heavy atom. The summed E-state index contributed by atoms with van der Waals surface area (Å²) < 4.78 is 67.5. The number of aliphatic hydroxyl groups is 1. The van der Waals surface area contributed by atoms with E-state index in [1.165, 1.54) is 83.5 Å². The van der Waals surface area contributed by atoms with Gasteiger partial charge in [0.05, 0.1) is 26.4 Å². The van der Waals surface area contributed by atoms with Crippen LogP contribution in [0.4, 0.5) is 0 Å². The largest absolute Gasteiger partial charge is 0.472 e. The van der Waals surface area contributed by atoms with E-state index in [-0.39, 0.29) is 25.7 Å². The molecule has 0 heterocycles. The fourth-order valence-corrected chi connectivity index (χ4v) is 9.92. The second-order valence-corrected chi connectivity index (χ2v) is 24.1. The lowest BCUT2D eigenvalue weighted by Gasteiger charge is -2.21. The van der Waals surface area contributed by atoms with Gasteiger partial charge in [-0.2, -0.15) is 0 Å². The molecule has 0 spiro atoms. The number of aliphatic hydroxyl groups excluding tert-OH is 1. The van der Waals surface area contributed by atoms with E-state index < -0.39 is 97.5 Å². The summed E-state index contributed by atoms with van der Waals surface area (Å²) in [7, 11) is -9.86. The number of carbonyl (C=O) groups is 4. The summed E-state index contributed by atoms with van der Waals surface area (Å²) in [6.07, 6.45) is 32.3. The summed E-state index contributed by atoms with van der Waals surface area (Å²) >= 11 is 0. The third-order valence-electron chi connectivity index (χ3n) is 13.0. The Hall–Kier alpha value is -1.94. The molecule has 0 radical (unpaired) electrons. The Labute approximate surface area is 460 Å². The second kappa shape index (κ2) is 51.2. The highest BCUT2D eigenvalue weighted by Gasteiger charge is 2.30. The predicted molar refractivity (Wildman–Crippen MR) is 298 cm³/mol. The first-order valence-electron chi connectivity index (χ1n) is 30.1. The van der Waals surface area contributed by atoms with Crippen LogP contribution in [0.3, 0.4) is 0 Å². The molecule has 0 aliphatic carbocycles. The maximum atomic E-state index is 12.9. The van der Waals surface area contributed by atoms with Crippen LogP contribution in [0.15, 0.2) is 0 Å². The molecule has 5 atom stereocenters. The zero-order valence-corrected chi connectivity index (χ0v) is 50.2. The van der Waals surface area contributed by atoms with Gasteiger partial charge in [-0.25, -0.2) is 9.13 Å². The van der Waals surface area contributed by atoms with Crippen molar-refractivity contribution in [2.45, 2.75) is 297 Å². The average molecular weight is 1130 g/mol. The lowest BCUT2D eigenvalue weighted by Crippen LogP contribution is -2.30. The van der Waals surface area contributed by atoms with E-state index in [9.17, 15) is 43.2 Å². The van der Waals surface area contributed by atoms with Crippen LogP contribution in [0.1, 0.15) is 279 Å². The van der Waals surface area contributed by atoms with Gasteiger partial charge in [0, 0.05) is 25.7 Å². The molecular weight excluding hydrogens is 1020 g/mol. The van der Waals surface area contributed by atoms with Gasteiger partial charge in [0.15, 0.2) is 12.2 Å². The minimum Gasteiger partial charge on any atom is -0.462 e. The van der Waals surface area contributed by atoms with Crippen molar-refractivity contribution in [3.63, 3.8) is 0 Å². The van der Waals surface area contributed by atoms with Crippen LogP contribution < -0.4 is 0 Å². The summed E-state index contributed by atoms with van der Waals surface area (Å²) in [6, 6.07) is 0. The first-order chi connectivity index (χ1) is 36.5. The number of phosphoric acid groups is 2. The van der Waals surface area contributed by atoms with Crippen LogP contribution in [0.25, 0.3) is 0 Å². The predicted octanol–water partition coefficient (Wildman–Crippen LogP) is 15.1. The third-order valence-corrected chi connectivity index (χ3v) is 14.9. The molecule has 0 aliphatic rings. The van der Waals surface area contributed by atoms with Gasteiger partial charge in [0.1, 0.15) is 19.3 Å². The van der Waals surface area contributed by atoms with Crippen LogP contribution in [0, 0.1) is 5.92 Å². The molecule has 0 saturated heterocycles. The minimum absolute atomic E-state index is 0.105. The zero-order chi connectivity index (χ0) is 56.4. The number of rotatable bonds is 57. The van der Waals surface area contributed by atoms with Gasteiger partial charge in [-0.15, -0.1) is 0 Å². The number of ether oxygens (including phenoxy) is 4. The smallest absolute Gasteiger partial charge is 0.462 e. The Balaban J connectivity index is 5.21. The van der Waals surface area contributed by atoms with Crippen LogP contribution in [0.5, 0.6) is 0 Å². The van der Waals surface area contributed by atoms with Crippen molar-refractivity contribution in [2.24, 2.45) is 5.92 Å². The minimum atomic E-state index is -4.93. The van der Waals surface area contributed by atoms with E-state index in [2.05, 4.69) is 34.6 Å². The van der Waals surface area contributed by atoms with Crippen molar-refractivity contribution in [3.8, 4) is 0 Å². The van der Waals surface area contributed by atoms with E-state index in [0.717, 1.165) is 109 Å². The first kappa shape index (κ1) is 74.1. The standard InChI is InChI=1S/C57H110O17P2/c1-6-9-12-15-18-20-21-23-26-33-38-43-57(62)74-53(47-68-55(60)41-36-31-28-27-29-34-39-50(4)5)49-72-76(65,66)70-45-51(58)44-69-75(63,64)71-48-52(46-67-54(59)40-35-30-24-17-14-11-8-3)73-56(61)42-37-32-25-22-19-16-13-10-7-2/h50-53,58H,6-49H2,1-5H3,(H,63,64)(H,65,66)/t51-,52+,53+/m0/s1. The molecule has 0 saturated carbocycles. The quantitative estimate of drug-likeness (QED) is 0.0222. The van der Waals surface area contributed by atoms with Gasteiger partial charge >= 0.3 is 39.5 Å². The summed E-state index contributed by atoms with van der Waals surface area (Å²) in [5.74, 6) is -1.47. The van der Waals surface area contributed by atoms with Gasteiger partial charge < -0.3 is 33.8 Å². The highest BCUT2D eigenvalue weighted by atomic mass is 31.2. The molecule has 76 heavy (non-hydrogen) atoms. The maximum Gasteiger partial charge on any atom is 0.472 e. The Morgan fingerprint density at radius 2 is 0.605 bits per heavy atom. The number of hydrogen-bond acceptors (Lipinski definition) is 15. The molecule has 19 heteroatoms. The molecule has 0 aromatic carbocycles. The molecule has 0 amide bonds. The van der Waals surface area contributed by atoms with Gasteiger partial charge in [-0.05, 0) is 31.6 Å². The van der Waals surface area contributed by atoms with E-state index in [4.69, 9.17) is 37.0 Å². The highest BCUT2D eigenvalue weighted by molar-refractivity contribution is 7.47. The molecule has 17 nitrogen and oxygen atoms in total.